The van der Waals surface area contributed by atoms with E-state index < -0.39 is 0 Å². The van der Waals surface area contributed by atoms with Gasteiger partial charge in [0.1, 0.15) is 0 Å². The summed E-state index contributed by atoms with van der Waals surface area (Å²) in [5.74, 6) is 0.712. The molecule has 1 aliphatic rings. The van der Waals surface area contributed by atoms with Crippen LogP contribution in [0.25, 0.3) is 0 Å². The maximum atomic E-state index is 5.76. The third-order valence-corrected chi connectivity index (χ3v) is 4.10. The first-order valence-electron chi connectivity index (χ1n) is 8.13. The fourth-order valence-electron chi connectivity index (χ4n) is 2.92. The highest BCUT2D eigenvalue weighted by atomic mass is 16.5. The van der Waals surface area contributed by atoms with Crippen LogP contribution in [0.1, 0.15) is 45.1 Å². The first-order valence-corrected chi connectivity index (χ1v) is 8.13. The van der Waals surface area contributed by atoms with Crippen LogP contribution in [-0.2, 0) is 11.2 Å². The Hall–Kier alpha value is -0.860. The molecule has 2 atom stereocenters. The van der Waals surface area contributed by atoms with Gasteiger partial charge in [0.2, 0.25) is 0 Å². The van der Waals surface area contributed by atoms with Crippen molar-refractivity contribution in [3.05, 3.63) is 35.9 Å². The van der Waals surface area contributed by atoms with E-state index in [2.05, 4.69) is 49.5 Å². The van der Waals surface area contributed by atoms with E-state index in [1.165, 1.54) is 37.7 Å². The van der Waals surface area contributed by atoms with Crippen molar-refractivity contribution < 1.29 is 4.74 Å². The third kappa shape index (κ3) is 5.64. The van der Waals surface area contributed by atoms with Crippen LogP contribution in [0.5, 0.6) is 0 Å². The van der Waals surface area contributed by atoms with Crippen LogP contribution in [0.4, 0.5) is 0 Å². The number of benzene rings is 1. The molecule has 0 saturated carbocycles. The maximum absolute atomic E-state index is 5.76. The van der Waals surface area contributed by atoms with Crippen molar-refractivity contribution in [2.45, 2.75) is 58.1 Å². The lowest BCUT2D eigenvalue weighted by molar-refractivity contribution is 0.0978. The van der Waals surface area contributed by atoms with Crippen LogP contribution >= 0.6 is 0 Å². The molecule has 1 N–H and O–H groups in total. The smallest absolute Gasteiger partial charge is 0.0576 e. The molecule has 2 heteroatoms. The molecule has 1 heterocycles. The molecule has 2 rings (SSSR count). The molecular formula is C18H29NO. The summed E-state index contributed by atoms with van der Waals surface area (Å²) in [5.41, 5.74) is 1.45. The predicted octanol–water partition coefficient (Wildman–Crippen LogP) is 3.80. The van der Waals surface area contributed by atoms with E-state index in [0.29, 0.717) is 18.1 Å². The maximum Gasteiger partial charge on any atom is 0.0576 e. The summed E-state index contributed by atoms with van der Waals surface area (Å²) < 4.78 is 5.76. The van der Waals surface area contributed by atoms with Crippen molar-refractivity contribution in [2.75, 3.05) is 13.2 Å². The molecule has 2 nitrogen and oxygen atoms in total. The monoisotopic (exact) mass is 275 g/mol. The van der Waals surface area contributed by atoms with E-state index in [1.54, 1.807) is 0 Å². The van der Waals surface area contributed by atoms with Gasteiger partial charge in [-0.25, -0.2) is 0 Å². The van der Waals surface area contributed by atoms with Crippen molar-refractivity contribution in [1.29, 1.82) is 0 Å². The number of nitrogens with one attached hydrogen (secondary N) is 1. The highest BCUT2D eigenvalue weighted by molar-refractivity contribution is 5.15. The van der Waals surface area contributed by atoms with E-state index >= 15 is 0 Å². The summed E-state index contributed by atoms with van der Waals surface area (Å²) in [6.07, 6.45) is 6.69. The molecule has 112 valence electrons. The highest BCUT2D eigenvalue weighted by Gasteiger charge is 2.18. The zero-order valence-corrected chi connectivity index (χ0v) is 13.0. The Bertz CT molecular complexity index is 357. The molecule has 1 saturated heterocycles. The largest absolute Gasteiger partial charge is 0.378 e. The van der Waals surface area contributed by atoms with E-state index in [4.69, 9.17) is 4.74 Å². The molecule has 0 aliphatic carbocycles. The Labute approximate surface area is 123 Å². The average Bonchev–Trinajstić information content (AvgIpc) is 2.96. The van der Waals surface area contributed by atoms with Gasteiger partial charge >= 0.3 is 0 Å². The molecule has 20 heavy (non-hydrogen) atoms. The summed E-state index contributed by atoms with van der Waals surface area (Å²) in [4.78, 5) is 0. The quantitative estimate of drug-likeness (QED) is 0.779. The van der Waals surface area contributed by atoms with Gasteiger partial charge < -0.3 is 10.1 Å². The van der Waals surface area contributed by atoms with Gasteiger partial charge in [-0.2, -0.15) is 0 Å². The van der Waals surface area contributed by atoms with Gasteiger partial charge in [-0.05, 0) is 50.1 Å². The van der Waals surface area contributed by atoms with Gasteiger partial charge in [0, 0.05) is 12.6 Å². The molecule has 0 aromatic heterocycles. The van der Waals surface area contributed by atoms with Crippen LogP contribution in [0.2, 0.25) is 0 Å². The van der Waals surface area contributed by atoms with E-state index in [9.17, 15) is 0 Å². The van der Waals surface area contributed by atoms with Gasteiger partial charge in [0.15, 0.2) is 0 Å². The molecular weight excluding hydrogens is 246 g/mol. The van der Waals surface area contributed by atoms with Crippen molar-refractivity contribution in [2.24, 2.45) is 5.92 Å². The Balaban J connectivity index is 1.82. The molecule has 1 aromatic carbocycles. The second-order valence-corrected chi connectivity index (χ2v) is 6.33. The van der Waals surface area contributed by atoms with Crippen LogP contribution in [-0.4, -0.2) is 25.3 Å². The molecule has 2 unspecified atom stereocenters. The Kier molecular flexibility index (Phi) is 6.55. The lowest BCUT2D eigenvalue weighted by Crippen LogP contribution is -2.30. The molecule has 0 bridgehead atoms. The van der Waals surface area contributed by atoms with Crippen molar-refractivity contribution in [3.8, 4) is 0 Å². The van der Waals surface area contributed by atoms with Gasteiger partial charge in [-0.15, -0.1) is 0 Å². The Morgan fingerprint density at radius 1 is 1.25 bits per heavy atom. The highest BCUT2D eigenvalue weighted by Crippen LogP contribution is 2.21. The minimum absolute atomic E-state index is 0.521. The number of ether oxygens (including phenoxy) is 1. The fraction of sp³-hybridized carbons (Fsp3) is 0.667. The second kappa shape index (κ2) is 8.43. The first kappa shape index (κ1) is 15.5. The van der Waals surface area contributed by atoms with Gasteiger partial charge in [0.05, 0.1) is 6.10 Å². The van der Waals surface area contributed by atoms with E-state index in [-0.39, 0.29) is 0 Å². The van der Waals surface area contributed by atoms with Crippen LogP contribution in [0, 0.1) is 5.92 Å². The summed E-state index contributed by atoms with van der Waals surface area (Å²) in [6.45, 7) is 6.52. The number of hydrogen-bond donors (Lipinski definition) is 1. The van der Waals surface area contributed by atoms with E-state index in [1.807, 2.05) is 0 Å². The molecule has 0 spiro atoms. The van der Waals surface area contributed by atoms with Gasteiger partial charge in [0.25, 0.3) is 0 Å². The van der Waals surface area contributed by atoms with Crippen LogP contribution in [0.3, 0.4) is 0 Å². The van der Waals surface area contributed by atoms with Crippen LogP contribution in [0.15, 0.2) is 30.3 Å². The van der Waals surface area contributed by atoms with Crippen molar-refractivity contribution >= 4 is 0 Å². The minimum atomic E-state index is 0.521. The molecule has 1 aliphatic heterocycles. The molecule has 1 fully saturated rings. The van der Waals surface area contributed by atoms with Crippen LogP contribution < -0.4 is 5.32 Å². The molecule has 0 radical (unpaired) electrons. The minimum Gasteiger partial charge on any atom is -0.378 e. The first-order chi connectivity index (χ1) is 9.74. The summed E-state index contributed by atoms with van der Waals surface area (Å²) in [7, 11) is 0. The number of rotatable bonds is 8. The predicted molar refractivity (Wildman–Crippen MR) is 85.0 cm³/mol. The number of hydrogen-bond acceptors (Lipinski definition) is 2. The van der Waals surface area contributed by atoms with Crippen molar-refractivity contribution in [1.82, 2.24) is 5.32 Å². The third-order valence-electron chi connectivity index (χ3n) is 4.10. The lowest BCUT2D eigenvalue weighted by Gasteiger charge is -2.21. The Morgan fingerprint density at radius 3 is 2.70 bits per heavy atom. The Morgan fingerprint density at radius 2 is 2.05 bits per heavy atom. The zero-order valence-electron chi connectivity index (χ0n) is 13.0. The standard InChI is InChI=1S/C18H29NO/c1-15(2)19-14-17(10-11-18-9-6-12-20-18)13-16-7-4-3-5-8-16/h3-5,7-8,15,17-19H,6,9-14H2,1-2H3. The van der Waals surface area contributed by atoms with E-state index in [0.717, 1.165) is 13.2 Å². The van der Waals surface area contributed by atoms with Crippen molar-refractivity contribution in [3.63, 3.8) is 0 Å². The summed E-state index contributed by atoms with van der Waals surface area (Å²) in [5, 5.41) is 3.60. The topological polar surface area (TPSA) is 21.3 Å². The zero-order chi connectivity index (χ0) is 14.2. The van der Waals surface area contributed by atoms with Gasteiger partial charge in [-0.1, -0.05) is 44.2 Å². The fourth-order valence-corrected chi connectivity index (χ4v) is 2.92. The molecule has 1 aromatic rings. The second-order valence-electron chi connectivity index (χ2n) is 6.33. The van der Waals surface area contributed by atoms with Gasteiger partial charge in [-0.3, -0.25) is 0 Å². The lowest BCUT2D eigenvalue weighted by atomic mass is 9.92. The molecule has 0 amide bonds. The summed E-state index contributed by atoms with van der Waals surface area (Å²) >= 11 is 0. The summed E-state index contributed by atoms with van der Waals surface area (Å²) in [6, 6.07) is 11.4. The SMILES string of the molecule is CC(C)NCC(CCC1CCCO1)Cc1ccccc1. The normalized spacial score (nSPS) is 20.4. The average molecular weight is 275 g/mol.